The first-order valence-corrected chi connectivity index (χ1v) is 9.56. The average molecular weight is 386 g/mol. The van der Waals surface area contributed by atoms with E-state index in [1.165, 1.54) is 10.6 Å². The average Bonchev–Trinajstić information content (AvgIpc) is 3.35. The second kappa shape index (κ2) is 7.45. The van der Waals surface area contributed by atoms with Crippen molar-refractivity contribution < 1.29 is 9.66 Å². The molecule has 0 bridgehead atoms. The summed E-state index contributed by atoms with van der Waals surface area (Å²) < 4.78 is 6.93. The van der Waals surface area contributed by atoms with Crippen LogP contribution in [-0.2, 0) is 11.3 Å². The van der Waals surface area contributed by atoms with Crippen molar-refractivity contribution in [3.05, 3.63) is 67.3 Å². The van der Waals surface area contributed by atoms with E-state index in [1.54, 1.807) is 34.4 Å². The van der Waals surface area contributed by atoms with Gasteiger partial charge in [0.2, 0.25) is 5.82 Å². The van der Waals surface area contributed by atoms with Crippen molar-refractivity contribution in [1.82, 2.24) is 9.38 Å². The third kappa shape index (κ3) is 3.56. The molecule has 8 nitrogen and oxygen atoms in total. The first kappa shape index (κ1) is 17.6. The predicted molar refractivity (Wildman–Crippen MR) is 102 cm³/mol. The number of hydrogen-bond donors (Lipinski definition) is 0. The summed E-state index contributed by atoms with van der Waals surface area (Å²) in [5.41, 5.74) is -0.802. The lowest BCUT2D eigenvalue weighted by molar-refractivity contribution is -0.385. The van der Waals surface area contributed by atoms with Crippen molar-refractivity contribution in [2.75, 3.05) is 18.1 Å². The molecule has 3 aromatic rings. The molecule has 1 unspecified atom stereocenters. The van der Waals surface area contributed by atoms with Gasteiger partial charge in [0.15, 0.2) is 0 Å². The lowest BCUT2D eigenvalue weighted by Crippen LogP contribution is -2.34. The molecule has 3 aromatic heterocycles. The van der Waals surface area contributed by atoms with E-state index in [4.69, 9.17) is 4.74 Å². The van der Waals surface area contributed by atoms with Crippen molar-refractivity contribution in [2.24, 2.45) is 0 Å². The number of nitro groups is 1. The molecular formula is C18H18N4O4S. The molecule has 0 amide bonds. The van der Waals surface area contributed by atoms with E-state index in [9.17, 15) is 14.9 Å². The molecule has 0 spiro atoms. The molecule has 1 aliphatic heterocycles. The Bertz CT molecular complexity index is 1010. The van der Waals surface area contributed by atoms with E-state index < -0.39 is 16.2 Å². The van der Waals surface area contributed by atoms with E-state index >= 15 is 0 Å². The standard InChI is InChI=1S/C18H18N4O4S/c23-18-16(22(24)25)17(19-15-7-1-2-8-21(15)18)20(11-13-5-3-9-26-13)12-14-6-4-10-27-14/h1-2,4,6-8,10,13H,3,5,9,11-12H2. The number of fused-ring (bicyclic) bond motifs is 1. The normalized spacial score (nSPS) is 16.7. The van der Waals surface area contributed by atoms with Gasteiger partial charge in [-0.2, -0.15) is 0 Å². The van der Waals surface area contributed by atoms with E-state index in [2.05, 4.69) is 4.98 Å². The first-order chi connectivity index (χ1) is 13.1. The van der Waals surface area contributed by atoms with Gasteiger partial charge in [-0.15, -0.1) is 11.3 Å². The van der Waals surface area contributed by atoms with Crippen LogP contribution in [0.2, 0.25) is 0 Å². The molecule has 0 saturated carbocycles. The second-order valence-electron chi connectivity index (χ2n) is 6.37. The fraction of sp³-hybridized carbons (Fsp3) is 0.333. The number of pyridine rings is 1. The first-order valence-electron chi connectivity index (χ1n) is 8.68. The molecule has 1 atom stereocenters. The molecule has 140 valence electrons. The summed E-state index contributed by atoms with van der Waals surface area (Å²) in [6, 6.07) is 8.97. The lowest BCUT2D eigenvalue weighted by atomic mass is 10.2. The van der Waals surface area contributed by atoms with Crippen molar-refractivity contribution >= 4 is 28.5 Å². The number of aromatic nitrogens is 2. The minimum absolute atomic E-state index is 0.0272. The zero-order valence-electron chi connectivity index (χ0n) is 14.5. The monoisotopic (exact) mass is 386 g/mol. The quantitative estimate of drug-likeness (QED) is 0.478. The molecule has 0 aliphatic carbocycles. The van der Waals surface area contributed by atoms with Crippen LogP contribution in [0.15, 0.2) is 46.7 Å². The highest BCUT2D eigenvalue weighted by Crippen LogP contribution is 2.27. The molecule has 0 radical (unpaired) electrons. The van der Waals surface area contributed by atoms with E-state index in [1.807, 2.05) is 17.5 Å². The Labute approximate surface area is 158 Å². The minimum Gasteiger partial charge on any atom is -0.376 e. The van der Waals surface area contributed by atoms with Gasteiger partial charge in [-0.05, 0) is 36.4 Å². The number of hydrogen-bond acceptors (Lipinski definition) is 7. The highest BCUT2D eigenvalue weighted by Gasteiger charge is 2.30. The predicted octanol–water partition coefficient (Wildman–Crippen LogP) is 2.85. The van der Waals surface area contributed by atoms with E-state index in [0.29, 0.717) is 25.3 Å². The summed E-state index contributed by atoms with van der Waals surface area (Å²) in [4.78, 5) is 31.2. The zero-order chi connectivity index (χ0) is 18.8. The number of rotatable bonds is 6. The summed E-state index contributed by atoms with van der Waals surface area (Å²) in [6.07, 6.45) is 3.32. The zero-order valence-corrected chi connectivity index (χ0v) is 15.3. The van der Waals surface area contributed by atoms with Crippen LogP contribution in [0.3, 0.4) is 0 Å². The Hall–Kier alpha value is -2.78. The van der Waals surface area contributed by atoms with Gasteiger partial charge in [0.25, 0.3) is 0 Å². The molecule has 1 aliphatic rings. The highest BCUT2D eigenvalue weighted by molar-refractivity contribution is 7.09. The maximum Gasteiger partial charge on any atom is 0.376 e. The molecule has 4 rings (SSSR count). The Kier molecular flexibility index (Phi) is 4.87. The molecule has 0 N–H and O–H groups in total. The molecule has 4 heterocycles. The van der Waals surface area contributed by atoms with Crippen LogP contribution in [0.25, 0.3) is 5.65 Å². The van der Waals surface area contributed by atoms with Crippen LogP contribution in [0.5, 0.6) is 0 Å². The van der Waals surface area contributed by atoms with E-state index in [0.717, 1.165) is 17.7 Å². The molecule has 1 saturated heterocycles. The molecule has 9 heteroatoms. The van der Waals surface area contributed by atoms with Gasteiger partial charge in [-0.3, -0.25) is 19.3 Å². The van der Waals surface area contributed by atoms with Crippen LogP contribution in [0.1, 0.15) is 17.7 Å². The van der Waals surface area contributed by atoms with Crippen LogP contribution in [0, 0.1) is 10.1 Å². The third-order valence-electron chi connectivity index (χ3n) is 4.55. The van der Waals surface area contributed by atoms with Crippen molar-refractivity contribution in [3.63, 3.8) is 0 Å². The van der Waals surface area contributed by atoms with Crippen molar-refractivity contribution in [3.8, 4) is 0 Å². The molecular weight excluding hydrogens is 368 g/mol. The van der Waals surface area contributed by atoms with Crippen LogP contribution >= 0.6 is 11.3 Å². The third-order valence-corrected chi connectivity index (χ3v) is 5.41. The SMILES string of the molecule is O=c1c([N+](=O)[O-])c(N(Cc2cccs2)CC2CCCO2)nc2ccccn12. The van der Waals surface area contributed by atoms with Crippen LogP contribution in [-0.4, -0.2) is 33.6 Å². The Morgan fingerprint density at radius 1 is 1.37 bits per heavy atom. The van der Waals surface area contributed by atoms with Gasteiger partial charge >= 0.3 is 11.2 Å². The fourth-order valence-corrected chi connectivity index (χ4v) is 4.02. The largest absolute Gasteiger partial charge is 0.376 e. The summed E-state index contributed by atoms with van der Waals surface area (Å²) in [6.45, 7) is 1.58. The summed E-state index contributed by atoms with van der Waals surface area (Å²) in [7, 11) is 0. The molecule has 1 fully saturated rings. The van der Waals surface area contributed by atoms with Crippen molar-refractivity contribution in [2.45, 2.75) is 25.5 Å². The highest BCUT2D eigenvalue weighted by atomic mass is 32.1. The number of nitrogens with zero attached hydrogens (tertiary/aromatic N) is 4. The van der Waals surface area contributed by atoms with Crippen molar-refractivity contribution in [1.29, 1.82) is 0 Å². The topological polar surface area (TPSA) is 90.0 Å². The lowest BCUT2D eigenvalue weighted by Gasteiger charge is -2.25. The van der Waals surface area contributed by atoms with Gasteiger partial charge in [-0.1, -0.05) is 12.1 Å². The van der Waals surface area contributed by atoms with E-state index in [-0.39, 0.29) is 11.9 Å². The summed E-state index contributed by atoms with van der Waals surface area (Å²) >= 11 is 1.56. The number of anilines is 1. The summed E-state index contributed by atoms with van der Waals surface area (Å²) in [5.74, 6) is 0.0973. The number of thiophene rings is 1. The van der Waals surface area contributed by atoms with Gasteiger partial charge in [-0.25, -0.2) is 4.98 Å². The summed E-state index contributed by atoms with van der Waals surface area (Å²) in [5, 5.41) is 13.7. The number of ether oxygens (including phenoxy) is 1. The Morgan fingerprint density at radius 3 is 2.96 bits per heavy atom. The molecule has 27 heavy (non-hydrogen) atoms. The maximum atomic E-state index is 12.8. The van der Waals surface area contributed by atoms with Gasteiger partial charge in [0, 0.05) is 24.2 Å². The Morgan fingerprint density at radius 2 is 2.26 bits per heavy atom. The Balaban J connectivity index is 1.84. The van der Waals surface area contributed by atoms with Crippen LogP contribution in [0.4, 0.5) is 11.5 Å². The second-order valence-corrected chi connectivity index (χ2v) is 7.40. The maximum absolute atomic E-state index is 12.8. The molecule has 0 aromatic carbocycles. The van der Waals surface area contributed by atoms with Gasteiger partial charge in [0.05, 0.1) is 17.6 Å². The van der Waals surface area contributed by atoms with Crippen LogP contribution < -0.4 is 10.5 Å². The fourth-order valence-electron chi connectivity index (χ4n) is 3.30. The van der Waals surface area contributed by atoms with Gasteiger partial charge in [0.1, 0.15) is 5.65 Å². The smallest absolute Gasteiger partial charge is 0.376 e. The minimum atomic E-state index is -0.677. The van der Waals surface area contributed by atoms with Gasteiger partial charge < -0.3 is 9.64 Å².